The van der Waals surface area contributed by atoms with E-state index in [9.17, 15) is 4.39 Å². The zero-order chi connectivity index (χ0) is 13.5. The Hall–Kier alpha value is -1.67. The Bertz CT molecular complexity index is 478. The summed E-state index contributed by atoms with van der Waals surface area (Å²) in [4.78, 5) is 0. The van der Waals surface area contributed by atoms with Crippen molar-refractivity contribution in [3.05, 3.63) is 71.5 Å². The van der Waals surface area contributed by atoms with E-state index < -0.39 is 0 Å². The lowest BCUT2D eigenvalue weighted by atomic mass is 9.92. The Morgan fingerprint density at radius 3 is 2.32 bits per heavy atom. The van der Waals surface area contributed by atoms with Crippen LogP contribution in [0.1, 0.15) is 24.0 Å². The van der Waals surface area contributed by atoms with E-state index in [1.54, 1.807) is 12.1 Å². The fourth-order valence-corrected chi connectivity index (χ4v) is 2.26. The Morgan fingerprint density at radius 2 is 1.68 bits per heavy atom. The van der Waals surface area contributed by atoms with Gasteiger partial charge in [0.2, 0.25) is 0 Å². The summed E-state index contributed by atoms with van der Waals surface area (Å²) in [7, 11) is 0. The van der Waals surface area contributed by atoms with Crippen molar-refractivity contribution >= 4 is 0 Å². The van der Waals surface area contributed by atoms with Crippen LogP contribution < -0.4 is 5.32 Å². The van der Waals surface area contributed by atoms with Crippen LogP contribution in [-0.4, -0.2) is 13.1 Å². The minimum atomic E-state index is -0.175. The van der Waals surface area contributed by atoms with Crippen LogP contribution >= 0.6 is 0 Å². The SMILES string of the molecule is CCNCC(Cc1ccccc1)c1ccc(F)cc1. The maximum atomic E-state index is 13.0. The largest absolute Gasteiger partial charge is 0.316 e. The predicted molar refractivity (Wildman–Crippen MR) is 77.8 cm³/mol. The Kier molecular flexibility index (Phi) is 5.10. The molecule has 0 amide bonds. The van der Waals surface area contributed by atoms with Gasteiger partial charge < -0.3 is 5.32 Å². The third kappa shape index (κ3) is 4.18. The van der Waals surface area contributed by atoms with Crippen LogP contribution in [0.4, 0.5) is 4.39 Å². The van der Waals surface area contributed by atoms with E-state index in [1.807, 2.05) is 18.2 Å². The van der Waals surface area contributed by atoms with E-state index in [0.29, 0.717) is 5.92 Å². The standard InChI is InChI=1S/C17H20FN/c1-2-19-13-16(12-14-6-4-3-5-7-14)15-8-10-17(18)11-9-15/h3-11,16,19H,2,12-13H2,1H3. The van der Waals surface area contributed by atoms with Crippen molar-refractivity contribution in [3.8, 4) is 0 Å². The molecule has 0 saturated heterocycles. The third-order valence-corrected chi connectivity index (χ3v) is 3.31. The molecule has 0 bridgehead atoms. The normalized spacial score (nSPS) is 12.3. The molecule has 2 aromatic rings. The lowest BCUT2D eigenvalue weighted by Crippen LogP contribution is -2.22. The zero-order valence-electron chi connectivity index (χ0n) is 11.3. The molecule has 0 fully saturated rings. The molecule has 2 heteroatoms. The molecule has 2 aromatic carbocycles. The van der Waals surface area contributed by atoms with Crippen molar-refractivity contribution in [2.75, 3.05) is 13.1 Å². The van der Waals surface area contributed by atoms with Gasteiger partial charge >= 0.3 is 0 Å². The first-order chi connectivity index (χ1) is 9.29. The third-order valence-electron chi connectivity index (χ3n) is 3.31. The van der Waals surface area contributed by atoms with Crippen LogP contribution in [-0.2, 0) is 6.42 Å². The number of halogens is 1. The summed E-state index contributed by atoms with van der Waals surface area (Å²) < 4.78 is 13.0. The molecular weight excluding hydrogens is 237 g/mol. The fourth-order valence-electron chi connectivity index (χ4n) is 2.26. The summed E-state index contributed by atoms with van der Waals surface area (Å²) in [6.07, 6.45) is 0.972. The van der Waals surface area contributed by atoms with Gasteiger partial charge in [-0.15, -0.1) is 0 Å². The van der Waals surface area contributed by atoms with E-state index >= 15 is 0 Å². The molecule has 1 unspecified atom stereocenters. The molecule has 2 rings (SSSR count). The highest BCUT2D eigenvalue weighted by Crippen LogP contribution is 2.20. The Balaban J connectivity index is 2.13. The first-order valence-corrected chi connectivity index (χ1v) is 6.79. The van der Waals surface area contributed by atoms with Gasteiger partial charge in [0.25, 0.3) is 0 Å². The summed E-state index contributed by atoms with van der Waals surface area (Å²) in [5, 5.41) is 3.39. The van der Waals surface area contributed by atoms with Crippen LogP contribution in [0.25, 0.3) is 0 Å². The predicted octanol–water partition coefficient (Wildman–Crippen LogP) is 3.76. The maximum absolute atomic E-state index is 13.0. The molecule has 0 spiro atoms. The van der Waals surface area contributed by atoms with Gasteiger partial charge in [0.15, 0.2) is 0 Å². The van der Waals surface area contributed by atoms with E-state index in [0.717, 1.165) is 19.5 Å². The van der Waals surface area contributed by atoms with Crippen molar-refractivity contribution in [1.82, 2.24) is 5.32 Å². The minimum Gasteiger partial charge on any atom is -0.316 e. The molecular formula is C17H20FN. The van der Waals surface area contributed by atoms with E-state index in [2.05, 4.69) is 36.5 Å². The van der Waals surface area contributed by atoms with E-state index in [1.165, 1.54) is 11.1 Å². The summed E-state index contributed by atoms with van der Waals surface area (Å²) in [5.41, 5.74) is 2.50. The monoisotopic (exact) mass is 257 g/mol. The molecule has 0 aliphatic carbocycles. The summed E-state index contributed by atoms with van der Waals surface area (Å²) in [6.45, 7) is 3.97. The number of hydrogen-bond donors (Lipinski definition) is 1. The average Bonchev–Trinajstić information content (AvgIpc) is 2.45. The lowest BCUT2D eigenvalue weighted by molar-refractivity contribution is 0.590. The van der Waals surface area contributed by atoms with Gasteiger partial charge in [-0.05, 0) is 36.2 Å². The van der Waals surface area contributed by atoms with Crippen LogP contribution in [0.15, 0.2) is 54.6 Å². The summed E-state index contributed by atoms with van der Waals surface area (Å²) in [5.74, 6) is 0.202. The number of rotatable bonds is 6. The zero-order valence-corrected chi connectivity index (χ0v) is 11.3. The summed E-state index contributed by atoms with van der Waals surface area (Å²) >= 11 is 0. The molecule has 0 aromatic heterocycles. The number of benzene rings is 2. The minimum absolute atomic E-state index is 0.175. The van der Waals surface area contributed by atoms with Crippen molar-refractivity contribution in [3.63, 3.8) is 0 Å². The highest BCUT2D eigenvalue weighted by molar-refractivity contribution is 5.25. The van der Waals surface area contributed by atoms with Crippen molar-refractivity contribution < 1.29 is 4.39 Å². The quantitative estimate of drug-likeness (QED) is 0.830. The molecule has 0 aliphatic heterocycles. The topological polar surface area (TPSA) is 12.0 Å². The lowest BCUT2D eigenvalue weighted by Gasteiger charge is -2.18. The molecule has 100 valence electrons. The van der Waals surface area contributed by atoms with Crippen LogP contribution in [0.5, 0.6) is 0 Å². The maximum Gasteiger partial charge on any atom is 0.123 e. The molecule has 0 radical (unpaired) electrons. The molecule has 1 atom stereocenters. The second-order valence-electron chi connectivity index (χ2n) is 4.75. The molecule has 19 heavy (non-hydrogen) atoms. The Morgan fingerprint density at radius 1 is 1.00 bits per heavy atom. The number of nitrogens with one attached hydrogen (secondary N) is 1. The van der Waals surface area contributed by atoms with Gasteiger partial charge in [0, 0.05) is 12.5 Å². The van der Waals surface area contributed by atoms with Gasteiger partial charge in [0.1, 0.15) is 5.82 Å². The van der Waals surface area contributed by atoms with E-state index in [-0.39, 0.29) is 5.82 Å². The van der Waals surface area contributed by atoms with Crippen molar-refractivity contribution in [2.45, 2.75) is 19.3 Å². The Labute approximate surface area is 114 Å². The second-order valence-corrected chi connectivity index (χ2v) is 4.75. The highest BCUT2D eigenvalue weighted by atomic mass is 19.1. The van der Waals surface area contributed by atoms with Crippen molar-refractivity contribution in [2.24, 2.45) is 0 Å². The van der Waals surface area contributed by atoms with Crippen LogP contribution in [0, 0.1) is 5.82 Å². The summed E-state index contributed by atoms with van der Waals surface area (Å²) in [6, 6.07) is 17.3. The first-order valence-electron chi connectivity index (χ1n) is 6.79. The molecule has 0 aliphatic rings. The van der Waals surface area contributed by atoms with Gasteiger partial charge in [-0.2, -0.15) is 0 Å². The second kappa shape index (κ2) is 7.05. The van der Waals surface area contributed by atoms with Gasteiger partial charge in [-0.25, -0.2) is 4.39 Å². The van der Waals surface area contributed by atoms with Crippen molar-refractivity contribution in [1.29, 1.82) is 0 Å². The smallest absolute Gasteiger partial charge is 0.123 e. The number of hydrogen-bond acceptors (Lipinski definition) is 1. The van der Waals surface area contributed by atoms with Gasteiger partial charge in [-0.1, -0.05) is 49.4 Å². The van der Waals surface area contributed by atoms with Crippen LogP contribution in [0.2, 0.25) is 0 Å². The molecule has 0 saturated carbocycles. The average molecular weight is 257 g/mol. The van der Waals surface area contributed by atoms with E-state index in [4.69, 9.17) is 0 Å². The van der Waals surface area contributed by atoms with Gasteiger partial charge in [-0.3, -0.25) is 0 Å². The number of likely N-dealkylation sites (N-methyl/N-ethyl adjacent to an activating group) is 1. The fraction of sp³-hybridized carbons (Fsp3) is 0.294. The molecule has 1 nitrogen and oxygen atoms in total. The van der Waals surface area contributed by atoms with Gasteiger partial charge in [0.05, 0.1) is 0 Å². The highest BCUT2D eigenvalue weighted by Gasteiger charge is 2.12. The molecule has 0 heterocycles. The first kappa shape index (κ1) is 13.8. The molecule has 1 N–H and O–H groups in total. The van der Waals surface area contributed by atoms with Crippen LogP contribution in [0.3, 0.4) is 0 Å².